The van der Waals surface area contributed by atoms with Crippen molar-refractivity contribution < 1.29 is 14.3 Å². The van der Waals surface area contributed by atoms with E-state index in [0.29, 0.717) is 19.8 Å². The van der Waals surface area contributed by atoms with Crippen LogP contribution in [0, 0.1) is 6.92 Å². The van der Waals surface area contributed by atoms with Gasteiger partial charge in [-0.2, -0.15) is 0 Å². The van der Waals surface area contributed by atoms with E-state index in [1.807, 2.05) is 28.6 Å². The highest BCUT2D eigenvalue weighted by molar-refractivity contribution is 7.16. The van der Waals surface area contributed by atoms with Crippen LogP contribution in [0.5, 0.6) is 0 Å². The first-order valence-corrected chi connectivity index (χ1v) is 10.0. The number of hydrogen-bond acceptors (Lipinski definition) is 7. The van der Waals surface area contributed by atoms with E-state index in [4.69, 9.17) is 9.47 Å². The van der Waals surface area contributed by atoms with Gasteiger partial charge in [0.2, 0.25) is 0 Å². The number of nitrogens with zero attached hydrogens (tertiary/aromatic N) is 3. The summed E-state index contributed by atoms with van der Waals surface area (Å²) in [6.07, 6.45) is 1.83. The molecule has 0 N–H and O–H groups in total. The third-order valence-corrected chi connectivity index (χ3v) is 6.30. The Morgan fingerprint density at radius 2 is 2.28 bits per heavy atom. The molecule has 1 atom stereocenters. The van der Waals surface area contributed by atoms with Gasteiger partial charge in [0.05, 0.1) is 31.3 Å². The minimum Gasteiger partial charge on any atom is -0.377 e. The predicted octanol–water partition coefficient (Wildman–Crippen LogP) is 2.15. The van der Waals surface area contributed by atoms with Gasteiger partial charge < -0.3 is 9.47 Å². The summed E-state index contributed by atoms with van der Waals surface area (Å²) in [5.74, 6) is 0.0168. The Labute approximate surface area is 155 Å². The Balaban J connectivity index is 1.53. The number of carbonyl (C=O) groups excluding carboxylic acids is 1. The van der Waals surface area contributed by atoms with Crippen LogP contribution in [0.4, 0.5) is 5.00 Å². The molecule has 2 aromatic rings. The maximum Gasteiger partial charge on any atom is 0.253 e. The number of ether oxygens (including phenoxy) is 2. The molecule has 25 heavy (non-hydrogen) atoms. The van der Waals surface area contributed by atoms with Gasteiger partial charge in [0.25, 0.3) is 5.91 Å². The molecule has 1 spiro atoms. The first-order chi connectivity index (χ1) is 12.1. The van der Waals surface area contributed by atoms with Crippen LogP contribution in [0.25, 0.3) is 0 Å². The summed E-state index contributed by atoms with van der Waals surface area (Å²) in [6.45, 7) is 6.23. The zero-order valence-electron chi connectivity index (χ0n) is 14.1. The third kappa shape index (κ3) is 3.78. The number of thiophene rings is 1. The lowest BCUT2D eigenvalue weighted by Gasteiger charge is -2.42. The van der Waals surface area contributed by atoms with E-state index in [2.05, 4.69) is 16.8 Å². The van der Waals surface area contributed by atoms with Crippen molar-refractivity contribution in [3.05, 3.63) is 33.6 Å². The minimum atomic E-state index is -0.487. The number of amides is 1. The standard InChI is InChI=1S/C17H21N3O3S2/c1-13-2-3-16(25-13)20-11-17(23-9-15(20)21)10-19(5-6-22-12-17)8-14-18-4-7-24-14/h2-4,7H,5-6,8-12H2,1H3/t17-/m1/s1. The summed E-state index contributed by atoms with van der Waals surface area (Å²) in [5.41, 5.74) is -0.487. The number of anilines is 1. The van der Waals surface area contributed by atoms with Crippen LogP contribution >= 0.6 is 22.7 Å². The van der Waals surface area contributed by atoms with Gasteiger partial charge in [-0.15, -0.1) is 22.7 Å². The molecule has 0 radical (unpaired) electrons. The van der Waals surface area contributed by atoms with E-state index < -0.39 is 5.60 Å². The van der Waals surface area contributed by atoms with Gasteiger partial charge in [0.1, 0.15) is 17.2 Å². The van der Waals surface area contributed by atoms with Crippen LogP contribution in [0.2, 0.25) is 0 Å². The SMILES string of the molecule is Cc1ccc(N2C[C@]3(COCCN(Cc4nccs4)C3)OCC2=O)s1. The molecule has 6 nitrogen and oxygen atoms in total. The van der Waals surface area contributed by atoms with Crippen molar-refractivity contribution in [3.63, 3.8) is 0 Å². The summed E-state index contributed by atoms with van der Waals surface area (Å²) < 4.78 is 11.9. The minimum absolute atomic E-state index is 0.0168. The van der Waals surface area contributed by atoms with Crippen LogP contribution in [0.3, 0.4) is 0 Å². The van der Waals surface area contributed by atoms with Crippen LogP contribution < -0.4 is 4.90 Å². The topological polar surface area (TPSA) is 54.9 Å². The zero-order chi connectivity index (χ0) is 17.3. The van der Waals surface area contributed by atoms with Gasteiger partial charge in [-0.3, -0.25) is 14.6 Å². The van der Waals surface area contributed by atoms with Gasteiger partial charge >= 0.3 is 0 Å². The molecule has 2 saturated heterocycles. The lowest BCUT2D eigenvalue weighted by atomic mass is 10.0. The lowest BCUT2D eigenvalue weighted by molar-refractivity contribution is -0.146. The van der Waals surface area contributed by atoms with Crippen molar-refractivity contribution >= 4 is 33.6 Å². The summed E-state index contributed by atoms with van der Waals surface area (Å²) >= 11 is 3.30. The molecule has 0 saturated carbocycles. The van der Waals surface area contributed by atoms with Gasteiger partial charge in [-0.1, -0.05) is 0 Å². The van der Waals surface area contributed by atoms with Crippen molar-refractivity contribution in [2.75, 3.05) is 44.4 Å². The second-order valence-electron chi connectivity index (χ2n) is 6.52. The second-order valence-corrected chi connectivity index (χ2v) is 8.77. The summed E-state index contributed by atoms with van der Waals surface area (Å²) in [5, 5.41) is 4.08. The van der Waals surface area contributed by atoms with Crippen molar-refractivity contribution in [3.8, 4) is 0 Å². The number of aromatic nitrogens is 1. The molecule has 4 heterocycles. The molecule has 8 heteroatoms. The average molecular weight is 380 g/mol. The van der Waals surface area contributed by atoms with Crippen LogP contribution in [-0.4, -0.2) is 60.8 Å². The Kier molecular flexibility index (Phi) is 4.88. The number of thiazole rings is 1. The molecule has 0 aliphatic carbocycles. The first kappa shape index (κ1) is 17.1. The summed E-state index contributed by atoms with van der Waals surface area (Å²) in [4.78, 5) is 22.2. The molecule has 1 amide bonds. The fourth-order valence-corrected chi connectivity index (χ4v) is 4.84. The van der Waals surface area contributed by atoms with E-state index in [-0.39, 0.29) is 12.5 Å². The molecule has 134 valence electrons. The average Bonchev–Trinajstić information content (AvgIpc) is 3.21. The Morgan fingerprint density at radius 3 is 3.04 bits per heavy atom. The van der Waals surface area contributed by atoms with Crippen molar-refractivity contribution in [2.24, 2.45) is 0 Å². The predicted molar refractivity (Wildman–Crippen MR) is 98.3 cm³/mol. The number of morpholine rings is 1. The van der Waals surface area contributed by atoms with E-state index in [1.54, 1.807) is 22.7 Å². The summed E-state index contributed by atoms with van der Waals surface area (Å²) in [7, 11) is 0. The van der Waals surface area contributed by atoms with Crippen LogP contribution in [0.1, 0.15) is 9.88 Å². The van der Waals surface area contributed by atoms with E-state index in [1.165, 1.54) is 4.88 Å². The smallest absolute Gasteiger partial charge is 0.253 e. The lowest BCUT2D eigenvalue weighted by Crippen LogP contribution is -2.60. The Morgan fingerprint density at radius 1 is 1.36 bits per heavy atom. The molecule has 4 rings (SSSR count). The van der Waals surface area contributed by atoms with E-state index in [9.17, 15) is 4.79 Å². The molecular formula is C17H21N3O3S2. The third-order valence-electron chi connectivity index (χ3n) is 4.51. The van der Waals surface area contributed by atoms with E-state index in [0.717, 1.165) is 29.6 Å². The quantitative estimate of drug-likeness (QED) is 0.818. The maximum absolute atomic E-state index is 12.4. The molecule has 2 aromatic heterocycles. The Hall–Kier alpha value is -1.32. The number of aryl methyl sites for hydroxylation is 1. The van der Waals surface area contributed by atoms with Crippen molar-refractivity contribution in [1.82, 2.24) is 9.88 Å². The van der Waals surface area contributed by atoms with Gasteiger partial charge in [-0.05, 0) is 19.1 Å². The van der Waals surface area contributed by atoms with Gasteiger partial charge in [0, 0.05) is 29.5 Å². The number of rotatable bonds is 3. The van der Waals surface area contributed by atoms with E-state index >= 15 is 0 Å². The number of hydrogen-bond donors (Lipinski definition) is 0. The molecular weight excluding hydrogens is 358 g/mol. The molecule has 0 unspecified atom stereocenters. The monoisotopic (exact) mass is 379 g/mol. The number of carbonyl (C=O) groups is 1. The maximum atomic E-state index is 12.4. The zero-order valence-corrected chi connectivity index (χ0v) is 15.8. The normalized spacial score (nSPS) is 25.5. The first-order valence-electron chi connectivity index (χ1n) is 8.33. The molecule has 0 bridgehead atoms. The van der Waals surface area contributed by atoms with Crippen molar-refractivity contribution in [1.29, 1.82) is 0 Å². The van der Waals surface area contributed by atoms with Gasteiger partial charge in [-0.25, -0.2) is 4.98 Å². The molecule has 2 fully saturated rings. The molecule has 2 aliphatic rings. The second kappa shape index (κ2) is 7.13. The highest BCUT2D eigenvalue weighted by Crippen LogP contribution is 2.32. The fourth-order valence-electron chi connectivity index (χ4n) is 3.31. The molecule has 2 aliphatic heterocycles. The van der Waals surface area contributed by atoms with Crippen LogP contribution in [-0.2, 0) is 20.8 Å². The van der Waals surface area contributed by atoms with Crippen LogP contribution in [0.15, 0.2) is 23.7 Å². The Bertz CT molecular complexity index is 733. The summed E-state index contributed by atoms with van der Waals surface area (Å²) in [6, 6.07) is 4.07. The highest BCUT2D eigenvalue weighted by Gasteiger charge is 2.43. The largest absolute Gasteiger partial charge is 0.377 e. The fraction of sp³-hybridized carbons (Fsp3) is 0.529. The molecule has 0 aromatic carbocycles. The highest BCUT2D eigenvalue weighted by atomic mass is 32.1. The van der Waals surface area contributed by atoms with Gasteiger partial charge in [0.15, 0.2) is 0 Å². The van der Waals surface area contributed by atoms with Crippen molar-refractivity contribution in [2.45, 2.75) is 19.1 Å².